The summed E-state index contributed by atoms with van der Waals surface area (Å²) in [6.45, 7) is 6.01. The topological polar surface area (TPSA) is 32.3 Å². The zero-order valence-corrected chi connectivity index (χ0v) is 9.14. The van der Waals surface area contributed by atoms with E-state index >= 15 is 0 Å². The summed E-state index contributed by atoms with van der Waals surface area (Å²) in [5, 5.41) is 11.9. The van der Waals surface area contributed by atoms with E-state index in [2.05, 4.69) is 18.8 Å². The third-order valence-corrected chi connectivity index (χ3v) is 2.39. The normalized spacial score (nSPS) is 27.4. The fourth-order valence-corrected chi connectivity index (χ4v) is 1.57. The molecule has 0 aromatic heterocycles. The smallest absolute Gasteiger partial charge is 0.0540 e. The van der Waals surface area contributed by atoms with Gasteiger partial charge in [0, 0.05) is 0 Å². The molecule has 2 heteroatoms. The van der Waals surface area contributed by atoms with Crippen molar-refractivity contribution < 1.29 is 5.11 Å². The molecular weight excluding hydrogens is 162 g/mol. The first-order valence-electron chi connectivity index (χ1n) is 5.03. The first-order chi connectivity index (χ1) is 6.11. The Labute approximate surface area is 82.0 Å². The number of rotatable bonds is 1. The number of hydrogen-bond donors (Lipinski definition) is 2. The van der Waals surface area contributed by atoms with Gasteiger partial charge in [-0.1, -0.05) is 12.2 Å². The maximum Gasteiger partial charge on any atom is 0.0540 e. The van der Waals surface area contributed by atoms with E-state index in [9.17, 15) is 5.11 Å². The lowest BCUT2D eigenvalue weighted by atomic mass is 9.84. The minimum atomic E-state index is -0.0319. The highest BCUT2D eigenvalue weighted by atomic mass is 16.3. The molecule has 0 unspecified atom stereocenters. The predicted octanol–water partition coefficient (Wildman–Crippen LogP) is 1.95. The van der Waals surface area contributed by atoms with E-state index in [-0.39, 0.29) is 6.10 Å². The van der Waals surface area contributed by atoms with Crippen LogP contribution >= 0.6 is 0 Å². The van der Waals surface area contributed by atoms with Crippen molar-refractivity contribution >= 4 is 0 Å². The molecule has 1 rings (SSSR count). The van der Waals surface area contributed by atoms with Crippen molar-refractivity contribution in [2.45, 2.75) is 38.7 Å². The van der Waals surface area contributed by atoms with E-state index in [4.69, 9.17) is 0 Å². The lowest BCUT2D eigenvalue weighted by molar-refractivity contribution is 0.116. The number of allylic oxidation sites excluding steroid dienone is 1. The van der Waals surface area contributed by atoms with Crippen LogP contribution in [0.5, 0.6) is 0 Å². The SMILES string of the molecule is C=C(C)C1CCC(O)CC1.CNC. The largest absolute Gasteiger partial charge is 0.393 e. The Morgan fingerprint density at radius 3 is 1.92 bits per heavy atom. The Bertz CT molecular complexity index is 137. The molecule has 0 radical (unpaired) electrons. The molecule has 13 heavy (non-hydrogen) atoms. The Kier molecular flexibility index (Phi) is 6.92. The molecule has 1 fully saturated rings. The van der Waals surface area contributed by atoms with E-state index in [1.165, 1.54) is 5.57 Å². The van der Waals surface area contributed by atoms with E-state index < -0.39 is 0 Å². The van der Waals surface area contributed by atoms with Gasteiger partial charge in [0.1, 0.15) is 0 Å². The van der Waals surface area contributed by atoms with Crippen molar-refractivity contribution in [3.05, 3.63) is 12.2 Å². The molecule has 1 aliphatic carbocycles. The molecular formula is C11H23NO. The molecule has 2 N–H and O–H groups in total. The molecule has 2 nitrogen and oxygen atoms in total. The van der Waals surface area contributed by atoms with Gasteiger partial charge in [-0.25, -0.2) is 0 Å². The monoisotopic (exact) mass is 185 g/mol. The average Bonchev–Trinajstić information content (AvgIpc) is 2.06. The van der Waals surface area contributed by atoms with Gasteiger partial charge >= 0.3 is 0 Å². The van der Waals surface area contributed by atoms with Crippen LogP contribution in [0.1, 0.15) is 32.6 Å². The van der Waals surface area contributed by atoms with Crippen LogP contribution in [0, 0.1) is 5.92 Å². The molecule has 0 aromatic rings. The molecule has 0 heterocycles. The fraction of sp³-hybridized carbons (Fsp3) is 0.818. The van der Waals surface area contributed by atoms with Gasteiger partial charge < -0.3 is 10.4 Å². The van der Waals surface area contributed by atoms with Crippen LogP contribution < -0.4 is 5.32 Å². The van der Waals surface area contributed by atoms with Crippen LogP contribution in [0.3, 0.4) is 0 Å². The van der Waals surface area contributed by atoms with E-state index in [0.29, 0.717) is 5.92 Å². The quantitative estimate of drug-likeness (QED) is 0.612. The minimum Gasteiger partial charge on any atom is -0.393 e. The van der Waals surface area contributed by atoms with Crippen LogP contribution in [0.4, 0.5) is 0 Å². The van der Waals surface area contributed by atoms with Crippen molar-refractivity contribution in [3.63, 3.8) is 0 Å². The van der Waals surface area contributed by atoms with Gasteiger partial charge in [-0.3, -0.25) is 0 Å². The molecule has 0 aromatic carbocycles. The molecule has 0 amide bonds. The molecule has 0 aliphatic heterocycles. The first-order valence-corrected chi connectivity index (χ1v) is 5.03. The minimum absolute atomic E-state index is 0.0319. The van der Waals surface area contributed by atoms with E-state index in [1.54, 1.807) is 0 Å². The van der Waals surface area contributed by atoms with Crippen molar-refractivity contribution in [2.24, 2.45) is 5.92 Å². The van der Waals surface area contributed by atoms with Crippen LogP contribution in [-0.4, -0.2) is 25.3 Å². The molecule has 0 spiro atoms. The van der Waals surface area contributed by atoms with Gasteiger partial charge in [0.05, 0.1) is 6.10 Å². The molecule has 0 saturated heterocycles. The summed E-state index contributed by atoms with van der Waals surface area (Å²) in [6.07, 6.45) is 4.18. The second kappa shape index (κ2) is 7.10. The van der Waals surface area contributed by atoms with E-state index in [0.717, 1.165) is 25.7 Å². The van der Waals surface area contributed by atoms with Crippen LogP contribution in [0.15, 0.2) is 12.2 Å². The van der Waals surface area contributed by atoms with Gasteiger partial charge in [-0.05, 0) is 52.6 Å². The average molecular weight is 185 g/mol. The Morgan fingerprint density at radius 2 is 1.62 bits per heavy atom. The van der Waals surface area contributed by atoms with E-state index in [1.807, 2.05) is 14.1 Å². The number of nitrogens with one attached hydrogen (secondary N) is 1. The van der Waals surface area contributed by atoms with Crippen molar-refractivity contribution in [1.82, 2.24) is 5.32 Å². The second-order valence-corrected chi connectivity index (χ2v) is 3.85. The summed E-state index contributed by atoms with van der Waals surface area (Å²) < 4.78 is 0. The summed E-state index contributed by atoms with van der Waals surface area (Å²) in [7, 11) is 3.75. The third kappa shape index (κ3) is 5.83. The highest BCUT2D eigenvalue weighted by molar-refractivity contribution is 4.97. The van der Waals surface area contributed by atoms with Crippen molar-refractivity contribution in [3.8, 4) is 0 Å². The highest BCUT2D eigenvalue weighted by Crippen LogP contribution is 2.28. The zero-order chi connectivity index (χ0) is 10.3. The maximum absolute atomic E-state index is 9.18. The molecule has 0 atom stereocenters. The summed E-state index contributed by atoms with van der Waals surface area (Å²) in [5.41, 5.74) is 1.28. The number of aliphatic hydroxyl groups is 1. The molecule has 78 valence electrons. The molecule has 0 bridgehead atoms. The van der Waals surface area contributed by atoms with Crippen LogP contribution in [0.25, 0.3) is 0 Å². The van der Waals surface area contributed by atoms with Crippen molar-refractivity contribution in [1.29, 1.82) is 0 Å². The summed E-state index contributed by atoms with van der Waals surface area (Å²) in [4.78, 5) is 0. The van der Waals surface area contributed by atoms with Gasteiger partial charge in [0.2, 0.25) is 0 Å². The summed E-state index contributed by atoms with van der Waals surface area (Å²) in [5.74, 6) is 0.684. The lowest BCUT2D eigenvalue weighted by Crippen LogP contribution is -2.18. The lowest BCUT2D eigenvalue weighted by Gasteiger charge is -2.25. The zero-order valence-electron chi connectivity index (χ0n) is 9.14. The fourth-order valence-electron chi connectivity index (χ4n) is 1.57. The summed E-state index contributed by atoms with van der Waals surface area (Å²) >= 11 is 0. The van der Waals surface area contributed by atoms with Gasteiger partial charge in [-0.2, -0.15) is 0 Å². The Hall–Kier alpha value is -0.340. The Morgan fingerprint density at radius 1 is 1.23 bits per heavy atom. The van der Waals surface area contributed by atoms with Crippen LogP contribution in [-0.2, 0) is 0 Å². The Balaban J connectivity index is 0.000000424. The highest BCUT2D eigenvalue weighted by Gasteiger charge is 2.18. The van der Waals surface area contributed by atoms with Crippen LogP contribution in [0.2, 0.25) is 0 Å². The maximum atomic E-state index is 9.18. The van der Waals surface area contributed by atoms with Crippen molar-refractivity contribution in [2.75, 3.05) is 14.1 Å². The molecule has 1 aliphatic rings. The van der Waals surface area contributed by atoms with Gasteiger partial charge in [-0.15, -0.1) is 0 Å². The number of hydrogen-bond acceptors (Lipinski definition) is 2. The first kappa shape index (κ1) is 12.7. The summed E-state index contributed by atoms with van der Waals surface area (Å²) in [6, 6.07) is 0. The van der Waals surface area contributed by atoms with Gasteiger partial charge in [0.25, 0.3) is 0 Å². The molecule has 1 saturated carbocycles. The second-order valence-electron chi connectivity index (χ2n) is 3.85. The van der Waals surface area contributed by atoms with Gasteiger partial charge in [0.15, 0.2) is 0 Å². The third-order valence-electron chi connectivity index (χ3n) is 2.39. The number of aliphatic hydroxyl groups excluding tert-OH is 1. The predicted molar refractivity (Wildman–Crippen MR) is 57.8 cm³/mol. The standard InChI is InChI=1S/C9H16O.C2H7N/c1-7(2)8-3-5-9(10)6-4-8;1-3-2/h8-10H,1,3-6H2,2H3;3H,1-2H3.